The van der Waals surface area contributed by atoms with Crippen molar-refractivity contribution in [1.82, 2.24) is 4.98 Å². The van der Waals surface area contributed by atoms with E-state index < -0.39 is 0 Å². The van der Waals surface area contributed by atoms with Crippen molar-refractivity contribution >= 4 is 17.3 Å². The molecule has 0 amide bonds. The van der Waals surface area contributed by atoms with Gasteiger partial charge in [0.1, 0.15) is 10.9 Å². The Balaban J connectivity index is 1.81. The normalized spacial score (nSPS) is 18.8. The largest absolute Gasteiger partial charge is 0.469 e. The lowest BCUT2D eigenvalue weighted by atomic mass is 9.93. The van der Waals surface area contributed by atoms with E-state index in [0.29, 0.717) is 11.2 Å². The van der Waals surface area contributed by atoms with E-state index in [4.69, 9.17) is 16.0 Å². The number of fused-ring (bicyclic) bond motifs is 1. The first-order valence-electron chi connectivity index (χ1n) is 5.77. The lowest BCUT2D eigenvalue weighted by Gasteiger charge is -2.23. The molecule has 1 unspecified atom stereocenters. The van der Waals surface area contributed by atoms with Crippen molar-refractivity contribution in [2.75, 3.05) is 5.32 Å². The summed E-state index contributed by atoms with van der Waals surface area (Å²) in [5.41, 5.74) is 2.26. The van der Waals surface area contributed by atoms with Crippen LogP contribution < -0.4 is 5.32 Å². The van der Waals surface area contributed by atoms with Gasteiger partial charge in [-0.15, -0.1) is 0 Å². The molecule has 0 saturated carbocycles. The number of aromatic nitrogens is 1. The maximum Gasteiger partial charge on any atom is 0.129 e. The average molecular weight is 249 g/mol. The number of hydrogen-bond acceptors (Lipinski definition) is 3. The van der Waals surface area contributed by atoms with Crippen molar-refractivity contribution in [3.05, 3.63) is 47.1 Å². The Morgan fingerprint density at radius 2 is 2.29 bits per heavy atom. The van der Waals surface area contributed by atoms with Gasteiger partial charge in [-0.2, -0.15) is 0 Å². The zero-order valence-corrected chi connectivity index (χ0v) is 10.1. The Hall–Kier alpha value is -1.48. The second-order valence-corrected chi connectivity index (χ2v) is 4.65. The van der Waals surface area contributed by atoms with Crippen LogP contribution in [0.2, 0.25) is 5.15 Å². The molecule has 3 rings (SSSR count). The molecular weight excluding hydrogens is 236 g/mol. The van der Waals surface area contributed by atoms with Crippen LogP contribution in [0.5, 0.6) is 0 Å². The fourth-order valence-electron chi connectivity index (χ4n) is 2.30. The van der Waals surface area contributed by atoms with E-state index in [1.807, 2.05) is 6.07 Å². The van der Waals surface area contributed by atoms with Crippen LogP contribution in [-0.2, 0) is 6.42 Å². The van der Waals surface area contributed by atoms with E-state index >= 15 is 0 Å². The number of rotatable bonds is 2. The standard InChI is InChI=1S/C13H13ClN2O/c14-13-5-4-9(8-15-13)16-11-2-1-3-12-10(11)6-7-17-12/h4-8,11,16H,1-3H2. The number of nitrogens with one attached hydrogen (secondary N) is 1. The van der Waals surface area contributed by atoms with Gasteiger partial charge in [0, 0.05) is 12.0 Å². The van der Waals surface area contributed by atoms with Crippen molar-refractivity contribution in [1.29, 1.82) is 0 Å². The second-order valence-electron chi connectivity index (χ2n) is 4.26. The summed E-state index contributed by atoms with van der Waals surface area (Å²) in [6.07, 6.45) is 6.84. The predicted molar refractivity (Wildman–Crippen MR) is 67.3 cm³/mol. The molecule has 1 N–H and O–H groups in total. The summed E-state index contributed by atoms with van der Waals surface area (Å²) in [4.78, 5) is 4.07. The highest BCUT2D eigenvalue weighted by Gasteiger charge is 2.22. The van der Waals surface area contributed by atoms with Gasteiger partial charge >= 0.3 is 0 Å². The van der Waals surface area contributed by atoms with Crippen molar-refractivity contribution in [3.8, 4) is 0 Å². The summed E-state index contributed by atoms with van der Waals surface area (Å²) in [5.74, 6) is 1.11. The molecule has 0 saturated heterocycles. The molecule has 17 heavy (non-hydrogen) atoms. The van der Waals surface area contributed by atoms with Crippen LogP contribution in [0.3, 0.4) is 0 Å². The van der Waals surface area contributed by atoms with E-state index in [9.17, 15) is 0 Å². The molecule has 0 spiro atoms. The summed E-state index contributed by atoms with van der Waals surface area (Å²) in [6.45, 7) is 0. The number of anilines is 1. The number of furan rings is 1. The molecule has 2 aromatic heterocycles. The SMILES string of the molecule is Clc1ccc(NC2CCCc3occc32)cn1. The van der Waals surface area contributed by atoms with E-state index in [2.05, 4.69) is 16.4 Å². The smallest absolute Gasteiger partial charge is 0.129 e. The molecule has 1 aliphatic rings. The Morgan fingerprint density at radius 1 is 1.35 bits per heavy atom. The minimum Gasteiger partial charge on any atom is -0.469 e. The lowest BCUT2D eigenvalue weighted by Crippen LogP contribution is -2.15. The summed E-state index contributed by atoms with van der Waals surface area (Å²) in [5, 5.41) is 3.99. The summed E-state index contributed by atoms with van der Waals surface area (Å²) in [6, 6.07) is 6.11. The van der Waals surface area contributed by atoms with Crippen molar-refractivity contribution in [2.24, 2.45) is 0 Å². The Kier molecular flexibility index (Phi) is 2.77. The van der Waals surface area contributed by atoms with Crippen LogP contribution in [0.1, 0.15) is 30.2 Å². The predicted octanol–water partition coefficient (Wildman–Crippen LogP) is 3.82. The molecule has 1 aliphatic carbocycles. The molecule has 0 bridgehead atoms. The molecule has 0 aliphatic heterocycles. The van der Waals surface area contributed by atoms with Gasteiger partial charge in [-0.3, -0.25) is 0 Å². The third kappa shape index (κ3) is 2.15. The maximum atomic E-state index is 5.76. The first kappa shape index (κ1) is 10.7. The summed E-state index contributed by atoms with van der Waals surface area (Å²) in [7, 11) is 0. The van der Waals surface area contributed by atoms with Gasteiger partial charge in [0.15, 0.2) is 0 Å². The molecule has 88 valence electrons. The number of pyridine rings is 1. The quantitative estimate of drug-likeness (QED) is 0.821. The highest BCUT2D eigenvalue weighted by atomic mass is 35.5. The fourth-order valence-corrected chi connectivity index (χ4v) is 2.41. The van der Waals surface area contributed by atoms with Gasteiger partial charge in [-0.1, -0.05) is 11.6 Å². The zero-order valence-electron chi connectivity index (χ0n) is 9.32. The van der Waals surface area contributed by atoms with E-state index in [-0.39, 0.29) is 0 Å². The lowest BCUT2D eigenvalue weighted by molar-refractivity contribution is 0.461. The van der Waals surface area contributed by atoms with Crippen molar-refractivity contribution < 1.29 is 4.42 Å². The average Bonchev–Trinajstić information content (AvgIpc) is 2.81. The molecule has 0 fully saturated rings. The first-order valence-corrected chi connectivity index (χ1v) is 6.15. The van der Waals surface area contributed by atoms with Crippen LogP contribution in [0, 0.1) is 0 Å². The van der Waals surface area contributed by atoms with Crippen LogP contribution >= 0.6 is 11.6 Å². The van der Waals surface area contributed by atoms with Crippen molar-refractivity contribution in [3.63, 3.8) is 0 Å². The Bertz CT molecular complexity index is 506. The van der Waals surface area contributed by atoms with Gasteiger partial charge in [0.05, 0.1) is 24.2 Å². The first-order chi connectivity index (χ1) is 8.33. The van der Waals surface area contributed by atoms with Crippen LogP contribution in [0.4, 0.5) is 5.69 Å². The van der Waals surface area contributed by atoms with Crippen LogP contribution in [-0.4, -0.2) is 4.98 Å². The third-order valence-corrected chi connectivity index (χ3v) is 3.34. The summed E-state index contributed by atoms with van der Waals surface area (Å²) < 4.78 is 5.47. The topological polar surface area (TPSA) is 38.1 Å². The van der Waals surface area contributed by atoms with Crippen LogP contribution in [0.15, 0.2) is 35.1 Å². The highest BCUT2D eigenvalue weighted by molar-refractivity contribution is 6.29. The molecular formula is C13H13ClN2O. The van der Waals surface area contributed by atoms with Crippen LogP contribution in [0.25, 0.3) is 0 Å². The van der Waals surface area contributed by atoms with Gasteiger partial charge in [-0.25, -0.2) is 4.98 Å². The number of nitrogens with zero attached hydrogens (tertiary/aromatic N) is 1. The molecule has 3 nitrogen and oxygen atoms in total. The minimum absolute atomic E-state index is 0.320. The molecule has 4 heteroatoms. The van der Waals surface area contributed by atoms with Gasteiger partial charge < -0.3 is 9.73 Å². The highest BCUT2D eigenvalue weighted by Crippen LogP contribution is 2.33. The summed E-state index contributed by atoms with van der Waals surface area (Å²) >= 11 is 5.76. The Morgan fingerprint density at radius 3 is 3.12 bits per heavy atom. The third-order valence-electron chi connectivity index (χ3n) is 3.12. The Labute approximate surface area is 105 Å². The number of aryl methyl sites for hydroxylation is 1. The van der Waals surface area contributed by atoms with E-state index in [1.54, 1.807) is 18.5 Å². The van der Waals surface area contributed by atoms with E-state index in [0.717, 1.165) is 30.7 Å². The zero-order chi connectivity index (χ0) is 11.7. The molecule has 2 aromatic rings. The van der Waals surface area contributed by atoms with Gasteiger partial charge in [-0.05, 0) is 31.0 Å². The van der Waals surface area contributed by atoms with Gasteiger partial charge in [0.25, 0.3) is 0 Å². The van der Waals surface area contributed by atoms with Gasteiger partial charge in [0.2, 0.25) is 0 Å². The molecule has 2 heterocycles. The monoisotopic (exact) mass is 248 g/mol. The minimum atomic E-state index is 0.320. The second kappa shape index (κ2) is 4.41. The number of hydrogen-bond donors (Lipinski definition) is 1. The molecule has 1 atom stereocenters. The maximum absolute atomic E-state index is 5.76. The molecule has 0 radical (unpaired) electrons. The molecule has 0 aromatic carbocycles. The fraction of sp³-hybridized carbons (Fsp3) is 0.308. The van der Waals surface area contributed by atoms with Crippen molar-refractivity contribution in [2.45, 2.75) is 25.3 Å². The number of halogens is 1. The van der Waals surface area contributed by atoms with E-state index in [1.165, 1.54) is 5.56 Å².